The van der Waals surface area contributed by atoms with E-state index >= 15 is 0 Å². The highest BCUT2D eigenvalue weighted by Crippen LogP contribution is 2.37. The number of aryl methyl sites for hydroxylation is 1. The zero-order valence-electron chi connectivity index (χ0n) is 24.1. The molecule has 0 saturated heterocycles. The van der Waals surface area contributed by atoms with E-state index in [1.165, 1.54) is 70.3 Å². The maximum Gasteiger partial charge on any atom is 0.0709 e. The highest BCUT2D eigenvalue weighted by Gasteiger charge is 2.18. The number of hydrogen-bond donors (Lipinski definition) is 0. The van der Waals surface area contributed by atoms with E-state index in [0.717, 1.165) is 24.1 Å². The van der Waals surface area contributed by atoms with Crippen LogP contribution in [0.15, 0.2) is 140 Å². The lowest BCUT2D eigenvalue weighted by Crippen LogP contribution is -2.00. The lowest BCUT2D eigenvalue weighted by atomic mass is 9.97. The van der Waals surface area contributed by atoms with Crippen molar-refractivity contribution >= 4 is 48.5 Å². The number of aromatic nitrogens is 2. The quantitative estimate of drug-likeness (QED) is 0.202. The number of fused-ring (bicyclic) bond motifs is 6. The number of thiophene rings is 1. The highest BCUT2D eigenvalue weighted by atomic mass is 32.1. The van der Waals surface area contributed by atoms with Crippen LogP contribution in [0, 0.1) is 0 Å². The third-order valence-electron chi connectivity index (χ3n) is 8.91. The van der Waals surface area contributed by atoms with Gasteiger partial charge in [0.1, 0.15) is 0 Å². The molecule has 0 atom stereocenters. The average molecular weight is 581 g/mol. The summed E-state index contributed by atoms with van der Waals surface area (Å²) in [4.78, 5) is 4.86. The van der Waals surface area contributed by atoms with E-state index < -0.39 is 0 Å². The van der Waals surface area contributed by atoms with E-state index in [1.807, 2.05) is 6.20 Å². The molecule has 0 amide bonds. The van der Waals surface area contributed by atoms with Crippen molar-refractivity contribution < 1.29 is 0 Å². The average Bonchev–Trinajstić information content (AvgIpc) is 3.64. The topological polar surface area (TPSA) is 17.8 Å². The van der Waals surface area contributed by atoms with Crippen LogP contribution >= 0.6 is 11.3 Å². The van der Waals surface area contributed by atoms with Gasteiger partial charge in [0.25, 0.3) is 0 Å². The van der Waals surface area contributed by atoms with Gasteiger partial charge in [0.15, 0.2) is 0 Å². The Kier molecular flexibility index (Phi) is 5.85. The second kappa shape index (κ2) is 10.2. The molecule has 9 rings (SSSR count). The predicted octanol–water partition coefficient (Wildman–Crippen LogP) is 11.4. The zero-order valence-corrected chi connectivity index (χ0v) is 24.9. The van der Waals surface area contributed by atoms with Crippen LogP contribution in [0.5, 0.6) is 0 Å². The summed E-state index contributed by atoms with van der Waals surface area (Å²) in [7, 11) is 0. The molecule has 44 heavy (non-hydrogen) atoms. The minimum atomic E-state index is 1.00. The normalized spacial score (nSPS) is 12.7. The van der Waals surface area contributed by atoms with Gasteiger partial charge in [-0.15, -0.1) is 11.3 Å². The fourth-order valence-corrected chi connectivity index (χ4v) is 7.87. The Labute approximate surface area is 260 Å². The molecule has 0 bridgehead atoms. The van der Waals surface area contributed by atoms with Crippen LogP contribution in [-0.4, -0.2) is 9.55 Å². The van der Waals surface area contributed by atoms with Gasteiger partial charge in [-0.1, -0.05) is 91.0 Å². The molecule has 1 aliphatic rings. The van der Waals surface area contributed by atoms with Crippen molar-refractivity contribution in [1.82, 2.24) is 9.55 Å². The van der Waals surface area contributed by atoms with Crippen LogP contribution < -0.4 is 0 Å². The number of rotatable bonds is 4. The number of pyridine rings is 1. The van der Waals surface area contributed by atoms with Crippen molar-refractivity contribution in [3.05, 3.63) is 151 Å². The van der Waals surface area contributed by atoms with Gasteiger partial charge < -0.3 is 4.57 Å². The third-order valence-corrected chi connectivity index (χ3v) is 10.0. The fourth-order valence-electron chi connectivity index (χ4n) is 6.82. The second-order valence-corrected chi connectivity index (χ2v) is 12.6. The first-order chi connectivity index (χ1) is 21.8. The molecule has 8 aromatic rings. The van der Waals surface area contributed by atoms with Crippen LogP contribution in [0.1, 0.15) is 17.7 Å². The summed E-state index contributed by atoms with van der Waals surface area (Å²) in [5, 5.41) is 3.93. The molecule has 0 spiro atoms. The molecule has 0 aliphatic heterocycles. The summed E-state index contributed by atoms with van der Waals surface area (Å²) in [6, 6.07) is 46.3. The van der Waals surface area contributed by atoms with Gasteiger partial charge in [0.2, 0.25) is 0 Å². The van der Waals surface area contributed by atoms with Crippen molar-refractivity contribution in [2.75, 3.05) is 0 Å². The van der Waals surface area contributed by atoms with Gasteiger partial charge in [-0.25, -0.2) is 0 Å². The molecule has 3 aromatic heterocycles. The van der Waals surface area contributed by atoms with Gasteiger partial charge in [-0.3, -0.25) is 4.98 Å². The molecule has 3 heteroatoms. The third kappa shape index (κ3) is 4.12. The fraction of sp³-hybridized carbons (Fsp3) is 0.0488. The van der Waals surface area contributed by atoms with E-state index in [9.17, 15) is 0 Å². The smallest absolute Gasteiger partial charge is 0.0709 e. The van der Waals surface area contributed by atoms with Crippen molar-refractivity contribution in [2.45, 2.75) is 12.8 Å². The van der Waals surface area contributed by atoms with Gasteiger partial charge in [0, 0.05) is 44.0 Å². The van der Waals surface area contributed by atoms with E-state index in [4.69, 9.17) is 4.98 Å². The molecule has 0 saturated carbocycles. The minimum Gasteiger partial charge on any atom is -0.310 e. The molecular weight excluding hydrogens is 553 g/mol. The molecular formula is C41H28N2S. The molecule has 3 heterocycles. The van der Waals surface area contributed by atoms with Crippen LogP contribution in [0.3, 0.4) is 0 Å². The summed E-state index contributed by atoms with van der Waals surface area (Å²) < 4.78 is 4.96. The first-order valence-electron chi connectivity index (χ1n) is 15.2. The molecule has 0 unspecified atom stereocenters. The van der Waals surface area contributed by atoms with Gasteiger partial charge in [0.05, 0.1) is 15.9 Å². The molecule has 1 aliphatic carbocycles. The predicted molar refractivity (Wildman–Crippen MR) is 188 cm³/mol. The molecule has 2 nitrogen and oxygen atoms in total. The highest BCUT2D eigenvalue weighted by molar-refractivity contribution is 7.25. The number of para-hydroxylation sites is 1. The molecule has 0 radical (unpaired) electrons. The summed E-state index contributed by atoms with van der Waals surface area (Å²) in [5.41, 5.74) is 12.2. The summed E-state index contributed by atoms with van der Waals surface area (Å²) in [5.74, 6) is 0. The van der Waals surface area contributed by atoms with Crippen LogP contribution in [0.25, 0.3) is 76.3 Å². The lowest BCUT2D eigenvalue weighted by molar-refractivity contribution is 0.968. The monoisotopic (exact) mass is 580 g/mol. The number of nitrogens with zero attached hydrogens (tertiary/aromatic N) is 2. The first-order valence-corrected chi connectivity index (χ1v) is 16.0. The van der Waals surface area contributed by atoms with Gasteiger partial charge >= 0.3 is 0 Å². The first kappa shape index (κ1) is 25.3. The number of allylic oxidation sites excluding steroid dienone is 1. The Bertz CT molecular complexity index is 2400. The van der Waals surface area contributed by atoms with E-state index in [1.54, 1.807) is 11.3 Å². The number of hydrogen-bond acceptors (Lipinski definition) is 2. The Morgan fingerprint density at radius 1 is 0.568 bits per heavy atom. The summed E-state index contributed by atoms with van der Waals surface area (Å²) >= 11 is 1.80. The number of benzene rings is 5. The Balaban J connectivity index is 1.10. The molecule has 208 valence electrons. The summed E-state index contributed by atoms with van der Waals surface area (Å²) in [6.45, 7) is 0. The SMILES string of the molecule is C1=Cc2c(c3ccccc3n2-c2cccc(-c3cccc(-c4cccc(-c5cc6c(cn5)sc5ccccc56)c4)c3)c2)CC1. The standard InChI is InChI=1S/C41H28N2S/c1-4-19-38-33(16-1)34-17-2-5-20-39(34)43(38)32-15-9-13-30(24-32)28-11-7-10-27(22-28)29-12-8-14-31(23-29)37-25-36-35-18-3-6-21-40(35)44-41(36)26-42-37/h1,3-16,18-26H,2,17H2. The van der Waals surface area contributed by atoms with Crippen molar-refractivity contribution in [1.29, 1.82) is 0 Å². The van der Waals surface area contributed by atoms with E-state index in [2.05, 4.69) is 144 Å². The van der Waals surface area contributed by atoms with Crippen molar-refractivity contribution in [3.8, 4) is 39.2 Å². The van der Waals surface area contributed by atoms with Crippen LogP contribution in [0.4, 0.5) is 0 Å². The maximum absolute atomic E-state index is 4.86. The maximum atomic E-state index is 4.86. The van der Waals surface area contributed by atoms with Crippen molar-refractivity contribution in [2.24, 2.45) is 0 Å². The molecule has 0 N–H and O–H groups in total. The Morgan fingerprint density at radius 2 is 1.25 bits per heavy atom. The Hall–Kier alpha value is -5.25. The minimum absolute atomic E-state index is 1.00. The van der Waals surface area contributed by atoms with Gasteiger partial charge in [-0.2, -0.15) is 0 Å². The van der Waals surface area contributed by atoms with Crippen molar-refractivity contribution in [3.63, 3.8) is 0 Å². The zero-order chi connectivity index (χ0) is 29.0. The molecule has 5 aromatic carbocycles. The molecule has 0 fully saturated rings. The van der Waals surface area contributed by atoms with Gasteiger partial charge in [-0.05, 0) is 89.2 Å². The summed E-state index contributed by atoms with van der Waals surface area (Å²) in [6.07, 6.45) is 8.82. The largest absolute Gasteiger partial charge is 0.310 e. The van der Waals surface area contributed by atoms with Crippen LogP contribution in [-0.2, 0) is 6.42 Å². The van der Waals surface area contributed by atoms with E-state index in [0.29, 0.717) is 0 Å². The second-order valence-electron chi connectivity index (χ2n) is 11.5. The van der Waals surface area contributed by atoms with Crippen LogP contribution in [0.2, 0.25) is 0 Å². The van der Waals surface area contributed by atoms with E-state index in [-0.39, 0.29) is 0 Å². The Morgan fingerprint density at radius 3 is 2.09 bits per heavy atom. The lowest BCUT2D eigenvalue weighted by Gasteiger charge is -2.14.